The normalized spacial score (nSPS) is 20.6. The molecule has 1 aliphatic rings. The summed E-state index contributed by atoms with van der Waals surface area (Å²) in [4.78, 5) is 36.3. The Morgan fingerprint density at radius 3 is 2.62 bits per heavy atom. The van der Waals surface area contributed by atoms with Crippen LogP contribution >= 0.6 is 0 Å². The number of hydrogen-bond acceptors (Lipinski definition) is 5. The number of carbonyl (C=O) groups is 3. The van der Waals surface area contributed by atoms with Crippen molar-refractivity contribution in [2.24, 2.45) is 0 Å². The predicted molar refractivity (Wildman–Crippen MR) is 75.0 cm³/mol. The van der Waals surface area contributed by atoms with Crippen LogP contribution in [0.5, 0.6) is 0 Å². The van der Waals surface area contributed by atoms with Crippen LogP contribution in [-0.4, -0.2) is 71.4 Å². The van der Waals surface area contributed by atoms with E-state index < -0.39 is 24.0 Å². The number of nitrogens with zero attached hydrogens (tertiary/aromatic N) is 1. The molecule has 3 atom stereocenters. The third kappa shape index (κ3) is 5.02. The van der Waals surface area contributed by atoms with Crippen LogP contribution in [0.3, 0.4) is 0 Å². The number of nitrogens with one attached hydrogen (secondary N) is 2. The molecule has 8 nitrogen and oxygen atoms in total. The fourth-order valence-electron chi connectivity index (χ4n) is 2.26. The molecule has 1 heterocycles. The minimum absolute atomic E-state index is 0.244. The number of rotatable bonds is 6. The molecule has 3 amide bonds. The lowest BCUT2D eigenvalue weighted by atomic mass is 9.86. The predicted octanol–water partition coefficient (Wildman–Crippen LogP) is -2.45. The highest BCUT2D eigenvalue weighted by atomic mass is 16.3. The van der Waals surface area contributed by atoms with Crippen LogP contribution in [0.25, 0.3) is 0 Å². The van der Waals surface area contributed by atoms with Crippen LogP contribution < -0.4 is 10.6 Å². The van der Waals surface area contributed by atoms with E-state index in [0.29, 0.717) is 13.0 Å². The number of amides is 3. The van der Waals surface area contributed by atoms with Crippen molar-refractivity contribution in [2.45, 2.75) is 44.8 Å². The first-order valence-corrected chi connectivity index (χ1v) is 6.86. The van der Waals surface area contributed by atoms with Crippen LogP contribution in [0.2, 0.25) is 0 Å². The number of hydrogen-bond donors (Lipinski definition) is 4. The molecule has 0 aromatic heterocycles. The van der Waals surface area contributed by atoms with E-state index >= 15 is 0 Å². The molecular formula is C12H21BN3O5. The van der Waals surface area contributed by atoms with Crippen LogP contribution in [0, 0.1) is 0 Å². The summed E-state index contributed by atoms with van der Waals surface area (Å²) >= 11 is 0. The average Bonchev–Trinajstić information content (AvgIpc) is 2.89. The van der Waals surface area contributed by atoms with Gasteiger partial charge in [0.2, 0.25) is 17.7 Å². The maximum Gasteiger partial charge on any atom is 0.312 e. The van der Waals surface area contributed by atoms with Crippen molar-refractivity contribution in [2.75, 3.05) is 13.1 Å². The zero-order valence-corrected chi connectivity index (χ0v) is 12.2. The quantitative estimate of drug-likeness (QED) is 0.406. The lowest BCUT2D eigenvalue weighted by Crippen LogP contribution is -2.54. The molecule has 1 saturated heterocycles. The Morgan fingerprint density at radius 1 is 1.43 bits per heavy atom. The third-order valence-electron chi connectivity index (χ3n) is 3.33. The van der Waals surface area contributed by atoms with Gasteiger partial charge in [0.15, 0.2) is 0 Å². The molecule has 9 heteroatoms. The fraction of sp³-hybridized carbons (Fsp3) is 0.750. The molecule has 1 fully saturated rings. The highest BCUT2D eigenvalue weighted by molar-refractivity contribution is 6.28. The highest BCUT2D eigenvalue weighted by Gasteiger charge is 2.30. The molecule has 117 valence electrons. The van der Waals surface area contributed by atoms with E-state index in [0.717, 1.165) is 13.9 Å². The molecule has 0 aromatic rings. The summed E-state index contributed by atoms with van der Waals surface area (Å²) in [6, 6.07) is -1.10. The largest absolute Gasteiger partial charge is 0.452 e. The van der Waals surface area contributed by atoms with Gasteiger partial charge < -0.3 is 25.7 Å². The maximum absolute atomic E-state index is 12.0. The van der Waals surface area contributed by atoms with Gasteiger partial charge in [-0.1, -0.05) is 0 Å². The molecule has 0 aliphatic carbocycles. The van der Waals surface area contributed by atoms with Gasteiger partial charge in [-0.05, 0) is 19.8 Å². The Morgan fingerprint density at radius 2 is 2.10 bits per heavy atom. The van der Waals surface area contributed by atoms with E-state index in [2.05, 4.69) is 10.6 Å². The molecule has 21 heavy (non-hydrogen) atoms. The molecule has 4 N–H and O–H groups in total. The minimum Gasteiger partial charge on any atom is -0.452 e. The van der Waals surface area contributed by atoms with Crippen LogP contribution in [0.1, 0.15) is 26.7 Å². The Labute approximate surface area is 124 Å². The van der Waals surface area contributed by atoms with E-state index in [9.17, 15) is 19.5 Å². The monoisotopic (exact) mass is 298 g/mol. The Bertz CT molecular complexity index is 404. The van der Waals surface area contributed by atoms with E-state index in [-0.39, 0.29) is 18.4 Å². The standard InChI is InChI=1S/C12H21BN3O5/c1-7(17)11(15-8(2)18)12(20)14-6-10(19)16-5-3-4-9(16)13-21/h7,9,11,17,21H,3-6H2,1-2H3,(H,14,20)(H,15,18). The van der Waals surface area contributed by atoms with Crippen molar-refractivity contribution in [3.05, 3.63) is 0 Å². The molecule has 1 rings (SSSR count). The molecule has 0 saturated carbocycles. The van der Waals surface area contributed by atoms with Gasteiger partial charge in [0.05, 0.1) is 12.6 Å². The summed E-state index contributed by atoms with van der Waals surface area (Å²) in [5, 5.41) is 23.2. The molecule has 3 unspecified atom stereocenters. The minimum atomic E-state index is -1.10. The lowest BCUT2D eigenvalue weighted by Gasteiger charge is -2.24. The van der Waals surface area contributed by atoms with Crippen LogP contribution in [0.4, 0.5) is 0 Å². The molecule has 1 aliphatic heterocycles. The second kappa shape index (κ2) is 7.99. The Balaban J connectivity index is 2.50. The third-order valence-corrected chi connectivity index (χ3v) is 3.33. The zero-order valence-electron chi connectivity index (χ0n) is 12.2. The first-order valence-electron chi connectivity index (χ1n) is 6.86. The highest BCUT2D eigenvalue weighted by Crippen LogP contribution is 2.15. The van der Waals surface area contributed by atoms with Crippen molar-refractivity contribution in [1.82, 2.24) is 15.5 Å². The van der Waals surface area contributed by atoms with Gasteiger partial charge in [0.25, 0.3) is 0 Å². The van der Waals surface area contributed by atoms with Gasteiger partial charge in [-0.2, -0.15) is 0 Å². The van der Waals surface area contributed by atoms with Crippen molar-refractivity contribution in [3.8, 4) is 0 Å². The summed E-state index contributed by atoms with van der Waals surface area (Å²) in [6.45, 7) is 2.90. The van der Waals surface area contributed by atoms with E-state index in [1.807, 2.05) is 0 Å². The summed E-state index contributed by atoms with van der Waals surface area (Å²) in [6.07, 6.45) is 0.413. The number of likely N-dealkylation sites (tertiary alicyclic amines) is 1. The summed E-state index contributed by atoms with van der Waals surface area (Å²) in [5.41, 5.74) is 0. The Kier molecular flexibility index (Phi) is 6.64. The van der Waals surface area contributed by atoms with Gasteiger partial charge in [0, 0.05) is 19.4 Å². The summed E-state index contributed by atoms with van der Waals surface area (Å²) in [7, 11) is 0.975. The van der Waals surface area contributed by atoms with Crippen molar-refractivity contribution in [3.63, 3.8) is 0 Å². The van der Waals surface area contributed by atoms with E-state index in [4.69, 9.17) is 5.02 Å². The van der Waals surface area contributed by atoms with Gasteiger partial charge in [-0.3, -0.25) is 14.4 Å². The maximum atomic E-state index is 12.0. The molecule has 0 spiro atoms. The van der Waals surface area contributed by atoms with Crippen molar-refractivity contribution < 1.29 is 24.5 Å². The second-order valence-electron chi connectivity index (χ2n) is 5.08. The van der Waals surface area contributed by atoms with Crippen molar-refractivity contribution in [1.29, 1.82) is 0 Å². The lowest BCUT2D eigenvalue weighted by molar-refractivity contribution is -0.135. The molecule has 0 bridgehead atoms. The smallest absolute Gasteiger partial charge is 0.312 e. The van der Waals surface area contributed by atoms with Crippen LogP contribution in [-0.2, 0) is 14.4 Å². The van der Waals surface area contributed by atoms with Crippen molar-refractivity contribution >= 4 is 25.2 Å². The van der Waals surface area contributed by atoms with Crippen LogP contribution in [0.15, 0.2) is 0 Å². The zero-order chi connectivity index (χ0) is 16.0. The number of carbonyl (C=O) groups excluding carboxylic acids is 3. The Hall–Kier alpha value is -1.61. The van der Waals surface area contributed by atoms with Gasteiger partial charge in [-0.25, -0.2) is 0 Å². The molecular weight excluding hydrogens is 277 g/mol. The fourth-order valence-corrected chi connectivity index (χ4v) is 2.26. The van der Waals surface area contributed by atoms with Gasteiger partial charge in [-0.15, -0.1) is 0 Å². The topological polar surface area (TPSA) is 119 Å². The summed E-state index contributed by atoms with van der Waals surface area (Å²) in [5.74, 6) is -1.71. The van der Waals surface area contributed by atoms with Gasteiger partial charge in [0.1, 0.15) is 6.04 Å². The summed E-state index contributed by atoms with van der Waals surface area (Å²) < 4.78 is 0. The number of aliphatic hydroxyl groups is 1. The average molecular weight is 298 g/mol. The molecule has 0 aromatic carbocycles. The number of aliphatic hydroxyl groups excluding tert-OH is 1. The first kappa shape index (κ1) is 17.4. The SMILES string of the molecule is CC(=O)NC(C(=O)NCC(=O)N1CCCC1[B]O)C(C)O. The van der Waals surface area contributed by atoms with Gasteiger partial charge >= 0.3 is 7.48 Å². The van der Waals surface area contributed by atoms with E-state index in [1.54, 1.807) is 0 Å². The first-order chi connectivity index (χ1) is 9.86. The second-order valence-corrected chi connectivity index (χ2v) is 5.08. The molecule has 1 radical (unpaired) electrons. The van der Waals surface area contributed by atoms with E-state index in [1.165, 1.54) is 18.7 Å².